The predicted octanol–water partition coefficient (Wildman–Crippen LogP) is 4.31. The molecule has 0 bridgehead atoms. The molecule has 1 amide bonds. The Morgan fingerprint density at radius 1 is 1.20 bits per heavy atom. The molecule has 1 saturated heterocycles. The van der Waals surface area contributed by atoms with E-state index in [-0.39, 0.29) is 24.2 Å². The van der Waals surface area contributed by atoms with Crippen LogP contribution in [-0.2, 0) is 4.79 Å². The molecule has 25 heavy (non-hydrogen) atoms. The van der Waals surface area contributed by atoms with E-state index in [1.54, 1.807) is 0 Å². The molecule has 2 aromatic carbocycles. The van der Waals surface area contributed by atoms with E-state index in [0.717, 1.165) is 42.7 Å². The monoisotopic (exact) mass is 341 g/mol. The molecule has 1 aliphatic heterocycles. The van der Waals surface area contributed by atoms with Gasteiger partial charge in [-0.1, -0.05) is 30.7 Å². The maximum absolute atomic E-state index is 13.1. The van der Waals surface area contributed by atoms with Crippen molar-refractivity contribution < 1.29 is 13.9 Å². The maximum Gasteiger partial charge on any atom is 0.260 e. The second-order valence-electron chi connectivity index (χ2n) is 6.69. The Bertz CT molecular complexity index is 714. The molecule has 1 aliphatic rings. The predicted molar refractivity (Wildman–Crippen MR) is 96.2 cm³/mol. The number of amides is 1. The summed E-state index contributed by atoms with van der Waals surface area (Å²) >= 11 is 0. The molecule has 132 valence electrons. The van der Waals surface area contributed by atoms with Crippen LogP contribution in [0, 0.1) is 12.7 Å². The topological polar surface area (TPSA) is 29.5 Å². The summed E-state index contributed by atoms with van der Waals surface area (Å²) in [6.45, 7) is 3.48. The van der Waals surface area contributed by atoms with Gasteiger partial charge in [-0.15, -0.1) is 0 Å². The quantitative estimate of drug-likeness (QED) is 0.829. The van der Waals surface area contributed by atoms with Gasteiger partial charge in [-0.05, 0) is 55.2 Å². The third-order valence-corrected chi connectivity index (χ3v) is 4.72. The van der Waals surface area contributed by atoms with Crippen molar-refractivity contribution in [1.29, 1.82) is 0 Å². The summed E-state index contributed by atoms with van der Waals surface area (Å²) in [5.41, 5.74) is 2.21. The highest BCUT2D eigenvalue weighted by atomic mass is 19.1. The SMILES string of the molecule is Cc1cccc(OCC(=O)N2CCCCC(c3ccc(F)cc3)C2)c1. The fourth-order valence-electron chi connectivity index (χ4n) is 3.32. The molecule has 0 spiro atoms. The normalized spacial score (nSPS) is 17.8. The summed E-state index contributed by atoms with van der Waals surface area (Å²) in [4.78, 5) is 14.5. The second-order valence-corrected chi connectivity index (χ2v) is 6.69. The number of carbonyl (C=O) groups is 1. The number of nitrogens with zero attached hydrogens (tertiary/aromatic N) is 1. The van der Waals surface area contributed by atoms with E-state index in [9.17, 15) is 9.18 Å². The zero-order chi connectivity index (χ0) is 17.6. The van der Waals surface area contributed by atoms with E-state index in [4.69, 9.17) is 4.74 Å². The van der Waals surface area contributed by atoms with Crippen LogP contribution < -0.4 is 4.74 Å². The van der Waals surface area contributed by atoms with Gasteiger partial charge >= 0.3 is 0 Å². The molecule has 0 radical (unpaired) electrons. The van der Waals surface area contributed by atoms with Crippen LogP contribution in [-0.4, -0.2) is 30.5 Å². The highest BCUT2D eigenvalue weighted by Gasteiger charge is 2.23. The lowest BCUT2D eigenvalue weighted by molar-refractivity contribution is -0.133. The third-order valence-electron chi connectivity index (χ3n) is 4.72. The molecule has 0 saturated carbocycles. The van der Waals surface area contributed by atoms with E-state index in [0.29, 0.717) is 6.54 Å². The van der Waals surface area contributed by atoms with Gasteiger partial charge in [0.15, 0.2) is 6.61 Å². The number of benzene rings is 2. The first kappa shape index (κ1) is 17.5. The molecule has 1 heterocycles. The molecule has 0 aliphatic carbocycles. The van der Waals surface area contributed by atoms with Crippen LogP contribution in [0.4, 0.5) is 4.39 Å². The van der Waals surface area contributed by atoms with E-state index < -0.39 is 0 Å². The van der Waals surface area contributed by atoms with Crippen molar-refractivity contribution in [2.45, 2.75) is 32.1 Å². The lowest BCUT2D eigenvalue weighted by Crippen LogP contribution is -2.37. The Morgan fingerprint density at radius 3 is 2.76 bits per heavy atom. The molecule has 1 unspecified atom stereocenters. The molecule has 3 rings (SSSR count). The fourth-order valence-corrected chi connectivity index (χ4v) is 3.32. The first-order valence-electron chi connectivity index (χ1n) is 8.84. The largest absolute Gasteiger partial charge is 0.484 e. The zero-order valence-electron chi connectivity index (χ0n) is 14.6. The standard InChI is InChI=1S/C21H24FNO2/c1-16-5-4-7-20(13-16)25-15-21(24)23-12-3-2-6-18(14-23)17-8-10-19(22)11-9-17/h4-5,7-11,13,18H,2-3,6,12,14-15H2,1H3. The Labute approximate surface area is 148 Å². The summed E-state index contributed by atoms with van der Waals surface area (Å²) in [7, 11) is 0. The minimum atomic E-state index is -0.225. The smallest absolute Gasteiger partial charge is 0.260 e. The maximum atomic E-state index is 13.1. The Balaban J connectivity index is 1.61. The highest BCUT2D eigenvalue weighted by molar-refractivity contribution is 5.78. The molecule has 1 fully saturated rings. The molecule has 0 N–H and O–H groups in total. The third kappa shape index (κ3) is 4.81. The number of rotatable bonds is 4. The number of halogens is 1. The Kier molecular flexibility index (Phi) is 5.69. The minimum Gasteiger partial charge on any atom is -0.484 e. The van der Waals surface area contributed by atoms with E-state index >= 15 is 0 Å². The molecule has 0 aromatic heterocycles. The van der Waals surface area contributed by atoms with Crippen LogP contribution in [0.1, 0.15) is 36.3 Å². The van der Waals surface area contributed by atoms with Crippen LogP contribution in [0.3, 0.4) is 0 Å². The number of carbonyl (C=O) groups excluding carboxylic acids is 1. The van der Waals surface area contributed by atoms with Gasteiger partial charge in [-0.25, -0.2) is 4.39 Å². The average molecular weight is 341 g/mol. The van der Waals surface area contributed by atoms with Gasteiger partial charge in [-0.2, -0.15) is 0 Å². The number of hydrogen-bond acceptors (Lipinski definition) is 2. The van der Waals surface area contributed by atoms with Crippen LogP contribution in [0.5, 0.6) is 5.75 Å². The number of ether oxygens (including phenoxy) is 1. The summed E-state index contributed by atoms with van der Waals surface area (Å²) in [6.07, 6.45) is 3.09. The first-order chi connectivity index (χ1) is 12.1. The number of aryl methyl sites for hydroxylation is 1. The van der Waals surface area contributed by atoms with Gasteiger partial charge in [0.1, 0.15) is 11.6 Å². The summed E-state index contributed by atoms with van der Waals surface area (Å²) in [6, 6.07) is 14.4. The van der Waals surface area contributed by atoms with Gasteiger partial charge in [-0.3, -0.25) is 4.79 Å². The summed E-state index contributed by atoms with van der Waals surface area (Å²) < 4.78 is 18.8. The lowest BCUT2D eigenvalue weighted by Gasteiger charge is -2.25. The van der Waals surface area contributed by atoms with Crippen molar-refractivity contribution in [3.8, 4) is 5.75 Å². The van der Waals surface area contributed by atoms with Gasteiger partial charge in [0.05, 0.1) is 0 Å². The van der Waals surface area contributed by atoms with E-state index in [1.807, 2.05) is 48.2 Å². The van der Waals surface area contributed by atoms with Gasteiger partial charge in [0.25, 0.3) is 5.91 Å². The number of likely N-dealkylation sites (tertiary alicyclic amines) is 1. The molecule has 2 aromatic rings. The van der Waals surface area contributed by atoms with Crippen LogP contribution >= 0.6 is 0 Å². The average Bonchev–Trinajstić information content (AvgIpc) is 2.87. The minimum absolute atomic E-state index is 0.00974. The van der Waals surface area contributed by atoms with Crippen molar-refractivity contribution in [3.63, 3.8) is 0 Å². The fraction of sp³-hybridized carbons (Fsp3) is 0.381. The second kappa shape index (κ2) is 8.15. The lowest BCUT2D eigenvalue weighted by atomic mass is 9.94. The number of hydrogen-bond donors (Lipinski definition) is 0. The van der Waals surface area contributed by atoms with Crippen molar-refractivity contribution in [2.75, 3.05) is 19.7 Å². The highest BCUT2D eigenvalue weighted by Crippen LogP contribution is 2.27. The van der Waals surface area contributed by atoms with E-state index in [2.05, 4.69) is 0 Å². The van der Waals surface area contributed by atoms with Crippen LogP contribution in [0.15, 0.2) is 48.5 Å². The van der Waals surface area contributed by atoms with Gasteiger partial charge < -0.3 is 9.64 Å². The van der Waals surface area contributed by atoms with Crippen molar-refractivity contribution >= 4 is 5.91 Å². The van der Waals surface area contributed by atoms with Gasteiger partial charge in [0, 0.05) is 19.0 Å². The molecule has 1 atom stereocenters. The Morgan fingerprint density at radius 2 is 2.00 bits per heavy atom. The summed E-state index contributed by atoms with van der Waals surface area (Å²) in [5, 5.41) is 0. The zero-order valence-corrected chi connectivity index (χ0v) is 14.6. The van der Waals surface area contributed by atoms with Crippen LogP contribution in [0.2, 0.25) is 0 Å². The summed E-state index contributed by atoms with van der Waals surface area (Å²) in [5.74, 6) is 0.761. The van der Waals surface area contributed by atoms with Crippen molar-refractivity contribution in [2.24, 2.45) is 0 Å². The Hall–Kier alpha value is -2.36. The van der Waals surface area contributed by atoms with Crippen molar-refractivity contribution in [3.05, 3.63) is 65.5 Å². The van der Waals surface area contributed by atoms with Crippen molar-refractivity contribution in [1.82, 2.24) is 4.90 Å². The van der Waals surface area contributed by atoms with E-state index in [1.165, 1.54) is 12.1 Å². The van der Waals surface area contributed by atoms with Gasteiger partial charge in [0.2, 0.25) is 0 Å². The van der Waals surface area contributed by atoms with Crippen LogP contribution in [0.25, 0.3) is 0 Å². The molecule has 4 heteroatoms. The molecular weight excluding hydrogens is 317 g/mol. The first-order valence-corrected chi connectivity index (χ1v) is 8.84. The molecule has 3 nitrogen and oxygen atoms in total. The molecular formula is C21H24FNO2.